The van der Waals surface area contributed by atoms with E-state index < -0.39 is 5.41 Å². The molecule has 0 aliphatic carbocycles. The van der Waals surface area contributed by atoms with Gasteiger partial charge >= 0.3 is 0 Å². The summed E-state index contributed by atoms with van der Waals surface area (Å²) in [5, 5.41) is 5.97. The molecule has 0 unspecified atom stereocenters. The van der Waals surface area contributed by atoms with Gasteiger partial charge in [0.05, 0.1) is 5.56 Å². The molecule has 32 heavy (non-hydrogen) atoms. The van der Waals surface area contributed by atoms with Gasteiger partial charge in [0, 0.05) is 35.9 Å². The molecule has 0 aromatic heterocycles. The van der Waals surface area contributed by atoms with E-state index in [4.69, 9.17) is 0 Å². The number of piperidine rings is 1. The molecule has 0 bridgehead atoms. The maximum Gasteiger partial charge on any atom is 0.253 e. The Hall–Kier alpha value is -2.82. The van der Waals surface area contributed by atoms with Crippen LogP contribution in [-0.4, -0.2) is 30.9 Å². The highest BCUT2D eigenvalue weighted by Crippen LogP contribution is 2.30. The minimum atomic E-state index is -0.500. The highest BCUT2D eigenvalue weighted by molar-refractivity contribution is 6.02. The maximum absolute atomic E-state index is 13.0. The lowest BCUT2D eigenvalue weighted by atomic mass is 9.89. The summed E-state index contributed by atoms with van der Waals surface area (Å²) in [6.45, 7) is 11.4. The van der Waals surface area contributed by atoms with Crippen LogP contribution in [0.2, 0.25) is 0 Å². The van der Waals surface area contributed by atoms with E-state index in [1.165, 1.54) is 5.56 Å². The Morgan fingerprint density at radius 2 is 1.69 bits per heavy atom. The number of anilines is 2. The molecule has 1 saturated heterocycles. The van der Waals surface area contributed by atoms with Crippen molar-refractivity contribution >= 4 is 23.2 Å². The van der Waals surface area contributed by atoms with E-state index >= 15 is 0 Å². The lowest BCUT2D eigenvalue weighted by Crippen LogP contribution is -2.37. The van der Waals surface area contributed by atoms with Crippen LogP contribution >= 0.6 is 0 Å². The molecule has 0 spiro atoms. The van der Waals surface area contributed by atoms with E-state index in [0.717, 1.165) is 38.0 Å². The molecule has 172 valence electrons. The van der Waals surface area contributed by atoms with Crippen molar-refractivity contribution in [2.45, 2.75) is 59.9 Å². The zero-order valence-corrected chi connectivity index (χ0v) is 20.1. The Morgan fingerprint density at radius 1 is 1.03 bits per heavy atom. The van der Waals surface area contributed by atoms with E-state index in [2.05, 4.69) is 45.9 Å². The third kappa shape index (κ3) is 6.35. The lowest BCUT2D eigenvalue weighted by Gasteiger charge is -2.35. The van der Waals surface area contributed by atoms with E-state index in [9.17, 15) is 9.59 Å². The minimum absolute atomic E-state index is 0.0415. The molecule has 1 aliphatic heterocycles. The first kappa shape index (κ1) is 23.8. The van der Waals surface area contributed by atoms with Gasteiger partial charge in [0.1, 0.15) is 0 Å². The van der Waals surface area contributed by atoms with Gasteiger partial charge in [-0.1, -0.05) is 51.1 Å². The van der Waals surface area contributed by atoms with Crippen LogP contribution in [-0.2, 0) is 11.2 Å². The van der Waals surface area contributed by atoms with Gasteiger partial charge in [0.15, 0.2) is 0 Å². The Balaban J connectivity index is 1.76. The lowest BCUT2D eigenvalue weighted by molar-refractivity contribution is -0.123. The summed E-state index contributed by atoms with van der Waals surface area (Å²) in [6.07, 6.45) is 3.30. The molecule has 0 radical (unpaired) electrons. The summed E-state index contributed by atoms with van der Waals surface area (Å²) in [7, 11) is 0. The summed E-state index contributed by atoms with van der Waals surface area (Å²) in [4.78, 5) is 27.8. The van der Waals surface area contributed by atoms with Crippen molar-refractivity contribution in [2.75, 3.05) is 23.3 Å². The van der Waals surface area contributed by atoms with E-state index in [0.29, 0.717) is 17.2 Å². The molecule has 2 amide bonds. The molecular weight excluding hydrogens is 398 g/mol. The highest BCUT2D eigenvalue weighted by Gasteiger charge is 2.25. The number of hydrogen-bond donors (Lipinski definition) is 2. The number of rotatable bonds is 6. The van der Waals surface area contributed by atoms with Crippen LogP contribution in [0.15, 0.2) is 48.5 Å². The Bertz CT molecular complexity index is 924. The highest BCUT2D eigenvalue weighted by atomic mass is 16.2. The fourth-order valence-electron chi connectivity index (χ4n) is 4.06. The Morgan fingerprint density at radius 3 is 2.28 bits per heavy atom. The number of benzene rings is 2. The number of hydrogen-bond acceptors (Lipinski definition) is 3. The number of nitrogens with one attached hydrogen (secondary N) is 2. The summed E-state index contributed by atoms with van der Waals surface area (Å²) in [5.41, 5.74) is 3.10. The summed E-state index contributed by atoms with van der Waals surface area (Å²) < 4.78 is 0. The second-order valence-electron chi connectivity index (χ2n) is 10.2. The van der Waals surface area contributed by atoms with Crippen molar-refractivity contribution in [3.63, 3.8) is 0 Å². The van der Waals surface area contributed by atoms with Crippen LogP contribution in [0.4, 0.5) is 11.4 Å². The zero-order chi connectivity index (χ0) is 23.3. The van der Waals surface area contributed by atoms with Gasteiger partial charge < -0.3 is 15.5 Å². The maximum atomic E-state index is 13.0. The quantitative estimate of drug-likeness (QED) is 0.650. The monoisotopic (exact) mass is 435 g/mol. The zero-order valence-electron chi connectivity index (χ0n) is 20.1. The van der Waals surface area contributed by atoms with Crippen LogP contribution in [0, 0.1) is 11.3 Å². The molecule has 1 fully saturated rings. The van der Waals surface area contributed by atoms with Crippen molar-refractivity contribution in [1.82, 2.24) is 5.32 Å². The first-order valence-electron chi connectivity index (χ1n) is 11.7. The van der Waals surface area contributed by atoms with Crippen molar-refractivity contribution in [1.29, 1.82) is 0 Å². The van der Waals surface area contributed by atoms with Crippen LogP contribution in [0.1, 0.15) is 63.4 Å². The van der Waals surface area contributed by atoms with Gasteiger partial charge in [0.2, 0.25) is 5.91 Å². The molecule has 0 saturated carbocycles. The standard InChI is InChI=1S/C27H37N3O2/c1-19(2)28-25(31)23-18-22(29-26(32)27(3,4)5)11-12-24(23)30-15-13-21(14-16-30)17-20-9-7-6-8-10-20/h6-12,18-19,21H,13-17H2,1-5H3,(H,28,31)(H,29,32). The third-order valence-corrected chi connectivity index (χ3v) is 5.92. The molecule has 2 aromatic rings. The summed E-state index contributed by atoms with van der Waals surface area (Å²) in [6, 6.07) is 16.4. The predicted molar refractivity (Wildman–Crippen MR) is 132 cm³/mol. The van der Waals surface area contributed by atoms with E-state index in [1.807, 2.05) is 52.8 Å². The molecule has 5 heteroatoms. The van der Waals surface area contributed by atoms with E-state index in [1.54, 1.807) is 0 Å². The number of nitrogens with zero attached hydrogens (tertiary/aromatic N) is 1. The summed E-state index contributed by atoms with van der Waals surface area (Å²) in [5.74, 6) is 0.488. The van der Waals surface area contributed by atoms with Crippen molar-refractivity contribution in [3.8, 4) is 0 Å². The minimum Gasteiger partial charge on any atom is -0.371 e. The topological polar surface area (TPSA) is 61.4 Å². The van der Waals surface area contributed by atoms with Gasteiger partial charge in [-0.15, -0.1) is 0 Å². The first-order valence-corrected chi connectivity index (χ1v) is 11.7. The predicted octanol–water partition coefficient (Wildman–Crippen LogP) is 5.27. The molecule has 1 aliphatic rings. The van der Waals surface area contributed by atoms with Crippen LogP contribution in [0.5, 0.6) is 0 Å². The third-order valence-electron chi connectivity index (χ3n) is 5.92. The van der Waals surface area contributed by atoms with Gasteiger partial charge in [-0.25, -0.2) is 0 Å². The van der Waals surface area contributed by atoms with Crippen molar-refractivity contribution in [3.05, 3.63) is 59.7 Å². The smallest absolute Gasteiger partial charge is 0.253 e. The number of carbonyl (C=O) groups is 2. The fourth-order valence-corrected chi connectivity index (χ4v) is 4.06. The largest absolute Gasteiger partial charge is 0.371 e. The number of carbonyl (C=O) groups excluding carboxylic acids is 2. The Kier molecular flexibility index (Phi) is 7.60. The molecule has 2 aromatic carbocycles. The summed E-state index contributed by atoms with van der Waals surface area (Å²) >= 11 is 0. The second-order valence-corrected chi connectivity index (χ2v) is 10.2. The second kappa shape index (κ2) is 10.2. The molecule has 2 N–H and O–H groups in total. The number of amides is 2. The van der Waals surface area contributed by atoms with Gasteiger partial charge in [-0.05, 0) is 62.8 Å². The molecule has 5 nitrogen and oxygen atoms in total. The fraction of sp³-hybridized carbons (Fsp3) is 0.481. The van der Waals surface area contributed by atoms with Gasteiger partial charge in [0.25, 0.3) is 5.91 Å². The van der Waals surface area contributed by atoms with Crippen molar-refractivity contribution in [2.24, 2.45) is 11.3 Å². The van der Waals surface area contributed by atoms with Crippen LogP contribution in [0.25, 0.3) is 0 Å². The first-order chi connectivity index (χ1) is 15.1. The molecule has 3 rings (SSSR count). The average Bonchev–Trinajstić information content (AvgIpc) is 2.74. The van der Waals surface area contributed by atoms with Crippen molar-refractivity contribution < 1.29 is 9.59 Å². The van der Waals surface area contributed by atoms with Gasteiger partial charge in [-0.2, -0.15) is 0 Å². The van der Waals surface area contributed by atoms with E-state index in [-0.39, 0.29) is 17.9 Å². The van der Waals surface area contributed by atoms with Gasteiger partial charge in [-0.3, -0.25) is 9.59 Å². The molecular formula is C27H37N3O2. The molecule has 1 heterocycles. The SMILES string of the molecule is CC(C)NC(=O)c1cc(NC(=O)C(C)(C)C)ccc1N1CCC(Cc2ccccc2)CC1. The average molecular weight is 436 g/mol. The Labute approximate surface area is 192 Å². The normalized spacial score (nSPS) is 15.0. The van der Waals surface area contributed by atoms with Crippen LogP contribution < -0.4 is 15.5 Å². The molecule has 0 atom stereocenters. The van der Waals surface area contributed by atoms with Crippen LogP contribution in [0.3, 0.4) is 0 Å².